The molecule has 118 valence electrons. The molecule has 1 amide bonds. The summed E-state index contributed by atoms with van der Waals surface area (Å²) in [4.78, 5) is 23.5. The molecular formula is C16H19NO3S2. The summed E-state index contributed by atoms with van der Waals surface area (Å²) in [6.45, 7) is 0. The molecule has 2 fully saturated rings. The fraction of sp³-hybridized carbons (Fsp3) is 0.500. The smallest absolute Gasteiger partial charge is 0.310 e. The minimum Gasteiger partial charge on any atom is -0.481 e. The van der Waals surface area contributed by atoms with Crippen molar-refractivity contribution in [2.24, 2.45) is 5.41 Å². The van der Waals surface area contributed by atoms with Gasteiger partial charge >= 0.3 is 5.97 Å². The first-order chi connectivity index (χ1) is 10.6. The highest BCUT2D eigenvalue weighted by molar-refractivity contribution is 8.19. The van der Waals surface area contributed by atoms with E-state index >= 15 is 0 Å². The van der Waals surface area contributed by atoms with Gasteiger partial charge in [0.1, 0.15) is 0 Å². The number of carboxylic acid groups (broad SMARTS) is 1. The molecule has 0 radical (unpaired) electrons. The predicted octanol–water partition coefficient (Wildman–Crippen LogP) is 3.75. The number of hydrogen-bond acceptors (Lipinski definition) is 4. The monoisotopic (exact) mass is 337 g/mol. The Kier molecular flexibility index (Phi) is 4.68. The molecule has 0 spiro atoms. The number of hydrogen-bond donors (Lipinski definition) is 2. The normalized spacial score (nSPS) is 20.4. The maximum Gasteiger partial charge on any atom is 0.310 e. The summed E-state index contributed by atoms with van der Waals surface area (Å²) in [5.41, 5.74) is 1.14. The molecule has 0 unspecified atom stereocenters. The van der Waals surface area contributed by atoms with Crippen LogP contribution in [-0.4, -0.2) is 28.5 Å². The summed E-state index contributed by atoms with van der Waals surface area (Å²) in [5.74, 6) is 1.27. The molecule has 1 aliphatic heterocycles. The second-order valence-corrected chi connectivity index (χ2v) is 8.59. The summed E-state index contributed by atoms with van der Waals surface area (Å²) in [6.07, 6.45) is 2.17. The fourth-order valence-electron chi connectivity index (χ4n) is 2.90. The fourth-order valence-corrected chi connectivity index (χ4v) is 5.73. The second-order valence-electron chi connectivity index (χ2n) is 5.86. The van der Waals surface area contributed by atoms with Gasteiger partial charge in [-0.3, -0.25) is 9.59 Å². The van der Waals surface area contributed by atoms with Crippen LogP contribution in [0.4, 0.5) is 5.69 Å². The highest BCUT2D eigenvalue weighted by Gasteiger charge is 2.45. The van der Waals surface area contributed by atoms with Crippen LogP contribution in [0, 0.1) is 5.41 Å². The van der Waals surface area contributed by atoms with Crippen LogP contribution >= 0.6 is 23.5 Å². The van der Waals surface area contributed by atoms with E-state index in [1.54, 1.807) is 0 Å². The van der Waals surface area contributed by atoms with Crippen molar-refractivity contribution in [1.82, 2.24) is 0 Å². The third-order valence-corrected chi connectivity index (χ3v) is 7.43. The van der Waals surface area contributed by atoms with Crippen LogP contribution in [0.3, 0.4) is 0 Å². The molecule has 0 bridgehead atoms. The summed E-state index contributed by atoms with van der Waals surface area (Å²) < 4.78 is 0.439. The standard InChI is InChI=1S/C16H19NO3S2/c18-13(10-16(15(19)20)5-2-6-16)17-12-4-1-3-11(9-12)14-21-7-8-22-14/h1,3-4,9,14H,2,5-8,10H2,(H,17,18)(H,19,20). The lowest BCUT2D eigenvalue weighted by atomic mass is 9.66. The number of thioether (sulfide) groups is 2. The number of benzene rings is 1. The number of aliphatic carboxylic acids is 1. The molecule has 6 heteroatoms. The van der Waals surface area contributed by atoms with Crippen molar-refractivity contribution in [1.29, 1.82) is 0 Å². The molecule has 1 aliphatic carbocycles. The van der Waals surface area contributed by atoms with Gasteiger partial charge in [-0.15, -0.1) is 23.5 Å². The largest absolute Gasteiger partial charge is 0.481 e. The van der Waals surface area contributed by atoms with Gasteiger partial charge in [-0.1, -0.05) is 18.6 Å². The van der Waals surface area contributed by atoms with Crippen molar-refractivity contribution >= 4 is 41.1 Å². The molecule has 1 saturated heterocycles. The summed E-state index contributed by atoms with van der Waals surface area (Å²) >= 11 is 3.84. The summed E-state index contributed by atoms with van der Waals surface area (Å²) in [5, 5.41) is 12.2. The van der Waals surface area contributed by atoms with Gasteiger partial charge in [-0.25, -0.2) is 0 Å². The Balaban J connectivity index is 1.64. The van der Waals surface area contributed by atoms with E-state index in [0.717, 1.165) is 23.6 Å². The third kappa shape index (κ3) is 3.27. The number of nitrogens with one attached hydrogen (secondary N) is 1. The van der Waals surface area contributed by atoms with E-state index in [9.17, 15) is 14.7 Å². The molecule has 1 aromatic carbocycles. The van der Waals surface area contributed by atoms with E-state index < -0.39 is 11.4 Å². The Labute approximate surface area is 138 Å². The Hall–Kier alpha value is -1.14. The molecular weight excluding hydrogens is 318 g/mol. The minimum atomic E-state index is -0.846. The highest BCUT2D eigenvalue weighted by Crippen LogP contribution is 2.46. The zero-order valence-corrected chi connectivity index (χ0v) is 13.8. The third-order valence-electron chi connectivity index (χ3n) is 4.33. The maximum atomic E-state index is 12.2. The Morgan fingerprint density at radius 1 is 1.27 bits per heavy atom. The maximum absolute atomic E-state index is 12.2. The predicted molar refractivity (Wildman–Crippen MR) is 91.3 cm³/mol. The molecule has 22 heavy (non-hydrogen) atoms. The molecule has 4 nitrogen and oxygen atoms in total. The van der Waals surface area contributed by atoms with Crippen LogP contribution in [0.2, 0.25) is 0 Å². The molecule has 1 saturated carbocycles. The van der Waals surface area contributed by atoms with Crippen LogP contribution in [0.15, 0.2) is 24.3 Å². The SMILES string of the molecule is O=C(CC1(C(=O)O)CCC1)Nc1cccc(C2SCCS2)c1. The number of carbonyl (C=O) groups excluding carboxylic acids is 1. The zero-order valence-electron chi connectivity index (χ0n) is 12.2. The number of rotatable bonds is 5. The van der Waals surface area contributed by atoms with E-state index in [2.05, 4.69) is 11.4 Å². The van der Waals surface area contributed by atoms with Crippen molar-refractivity contribution in [2.45, 2.75) is 30.3 Å². The summed E-state index contributed by atoms with van der Waals surface area (Å²) in [7, 11) is 0. The molecule has 2 aliphatic rings. The molecule has 2 N–H and O–H groups in total. The molecule has 3 rings (SSSR count). The quantitative estimate of drug-likeness (QED) is 0.856. The lowest BCUT2D eigenvalue weighted by Crippen LogP contribution is -2.41. The topological polar surface area (TPSA) is 66.4 Å². The lowest BCUT2D eigenvalue weighted by molar-refractivity contribution is -0.157. The van der Waals surface area contributed by atoms with Crippen molar-refractivity contribution in [3.8, 4) is 0 Å². The van der Waals surface area contributed by atoms with E-state index in [1.807, 2.05) is 41.7 Å². The van der Waals surface area contributed by atoms with Crippen molar-refractivity contribution < 1.29 is 14.7 Å². The van der Waals surface area contributed by atoms with Gasteiger partial charge < -0.3 is 10.4 Å². The summed E-state index contributed by atoms with van der Waals surface area (Å²) in [6, 6.07) is 7.89. The van der Waals surface area contributed by atoms with Gasteiger partial charge in [0.2, 0.25) is 5.91 Å². The van der Waals surface area contributed by atoms with Gasteiger partial charge in [-0.05, 0) is 30.5 Å². The Morgan fingerprint density at radius 2 is 2.00 bits per heavy atom. The van der Waals surface area contributed by atoms with Crippen molar-refractivity contribution in [3.05, 3.63) is 29.8 Å². The Bertz CT molecular complexity index is 581. The van der Waals surface area contributed by atoms with Crippen molar-refractivity contribution in [2.75, 3.05) is 16.8 Å². The average Bonchev–Trinajstić information content (AvgIpc) is 2.97. The van der Waals surface area contributed by atoms with E-state index in [-0.39, 0.29) is 12.3 Å². The van der Waals surface area contributed by atoms with Gasteiger partial charge in [0.15, 0.2) is 0 Å². The first-order valence-corrected chi connectivity index (χ1v) is 9.55. The average molecular weight is 337 g/mol. The number of carbonyl (C=O) groups is 2. The molecule has 1 heterocycles. The van der Waals surface area contributed by atoms with Crippen LogP contribution in [0.25, 0.3) is 0 Å². The Morgan fingerprint density at radius 3 is 2.59 bits per heavy atom. The van der Waals surface area contributed by atoms with Crippen LogP contribution in [0.1, 0.15) is 35.8 Å². The van der Waals surface area contributed by atoms with E-state index in [0.29, 0.717) is 17.4 Å². The number of amides is 1. The number of carboxylic acids is 1. The molecule has 1 aromatic rings. The molecule has 0 aromatic heterocycles. The first-order valence-electron chi connectivity index (χ1n) is 7.45. The zero-order chi connectivity index (χ0) is 15.6. The first kappa shape index (κ1) is 15.7. The van der Waals surface area contributed by atoms with Gasteiger partial charge in [0.25, 0.3) is 0 Å². The number of anilines is 1. The van der Waals surface area contributed by atoms with Crippen molar-refractivity contribution in [3.63, 3.8) is 0 Å². The van der Waals surface area contributed by atoms with Gasteiger partial charge in [0.05, 0.1) is 10.00 Å². The van der Waals surface area contributed by atoms with Crippen LogP contribution in [0.5, 0.6) is 0 Å². The second kappa shape index (κ2) is 6.54. The van der Waals surface area contributed by atoms with Gasteiger partial charge in [0, 0.05) is 23.6 Å². The van der Waals surface area contributed by atoms with E-state index in [1.165, 1.54) is 5.56 Å². The van der Waals surface area contributed by atoms with E-state index in [4.69, 9.17) is 0 Å². The van der Waals surface area contributed by atoms with Crippen LogP contribution < -0.4 is 5.32 Å². The molecule has 0 atom stereocenters. The van der Waals surface area contributed by atoms with Gasteiger partial charge in [-0.2, -0.15) is 0 Å². The lowest BCUT2D eigenvalue weighted by Gasteiger charge is -2.36. The van der Waals surface area contributed by atoms with Crippen LogP contribution in [-0.2, 0) is 9.59 Å². The highest BCUT2D eigenvalue weighted by atomic mass is 32.2. The minimum absolute atomic E-state index is 0.0689.